The van der Waals surface area contributed by atoms with E-state index in [0.29, 0.717) is 12.8 Å². The Morgan fingerprint density at radius 3 is 2.11 bits per heavy atom. The maximum atomic E-state index is 14.4. The second-order valence-corrected chi connectivity index (χ2v) is 10.3. The van der Waals surface area contributed by atoms with E-state index in [1.807, 2.05) is 73.7 Å². The van der Waals surface area contributed by atoms with Crippen LogP contribution in [-0.4, -0.2) is 40.2 Å². The molecule has 2 aromatic rings. The summed E-state index contributed by atoms with van der Waals surface area (Å²) in [6.45, 7) is 5.29. The SMILES string of the molecule is CC(C)O.C[C@H]1OC(=O)[C@@H]2C=C3C[C@H]([N+](=O)[O-])CC[C@H]3[C@H](C(=O)N(c3ccccc3)c3ccccc3)[C@H]12. The zero-order chi connectivity index (χ0) is 26.7. The lowest BCUT2D eigenvalue weighted by atomic mass is 9.61. The number of aliphatic hydroxyl groups is 1. The fourth-order valence-corrected chi connectivity index (χ4v) is 5.89. The van der Waals surface area contributed by atoms with Crippen LogP contribution in [0.5, 0.6) is 0 Å². The van der Waals surface area contributed by atoms with Crippen LogP contribution in [0.1, 0.15) is 40.0 Å². The molecule has 6 atom stereocenters. The Kier molecular flexibility index (Phi) is 8.07. The Morgan fingerprint density at radius 2 is 1.59 bits per heavy atom. The molecule has 0 unspecified atom stereocenters. The molecule has 1 amide bonds. The van der Waals surface area contributed by atoms with Gasteiger partial charge in [0.15, 0.2) is 0 Å². The van der Waals surface area contributed by atoms with Gasteiger partial charge in [-0.25, -0.2) is 0 Å². The van der Waals surface area contributed by atoms with Crippen LogP contribution < -0.4 is 4.90 Å². The lowest BCUT2D eigenvalue weighted by molar-refractivity contribution is -0.524. The number of benzene rings is 2. The van der Waals surface area contributed by atoms with Gasteiger partial charge in [0.25, 0.3) is 0 Å². The number of hydrogen-bond acceptors (Lipinski definition) is 6. The molecule has 1 heterocycles. The third-order valence-corrected chi connectivity index (χ3v) is 7.36. The molecule has 0 bridgehead atoms. The molecule has 0 radical (unpaired) electrons. The van der Waals surface area contributed by atoms with Crippen molar-refractivity contribution in [1.29, 1.82) is 0 Å². The summed E-state index contributed by atoms with van der Waals surface area (Å²) in [5.41, 5.74) is 2.35. The van der Waals surface area contributed by atoms with Crippen LogP contribution in [0.15, 0.2) is 72.3 Å². The smallest absolute Gasteiger partial charge is 0.313 e. The monoisotopic (exact) mass is 506 g/mol. The highest BCUT2D eigenvalue weighted by molar-refractivity contribution is 6.03. The van der Waals surface area contributed by atoms with Crippen molar-refractivity contribution >= 4 is 23.3 Å². The predicted molar refractivity (Wildman–Crippen MR) is 140 cm³/mol. The summed E-state index contributed by atoms with van der Waals surface area (Å²) in [6, 6.07) is 18.3. The number of aliphatic hydroxyl groups excluding tert-OH is 1. The van der Waals surface area contributed by atoms with Crippen molar-refractivity contribution in [3.63, 3.8) is 0 Å². The van der Waals surface area contributed by atoms with Gasteiger partial charge >= 0.3 is 5.97 Å². The van der Waals surface area contributed by atoms with Crippen LogP contribution in [-0.2, 0) is 14.3 Å². The van der Waals surface area contributed by atoms with Gasteiger partial charge < -0.3 is 9.84 Å². The van der Waals surface area contributed by atoms with Crippen LogP contribution >= 0.6 is 0 Å². The van der Waals surface area contributed by atoms with Gasteiger partial charge in [-0.3, -0.25) is 24.6 Å². The molecule has 2 aromatic carbocycles. The van der Waals surface area contributed by atoms with Gasteiger partial charge in [0, 0.05) is 41.2 Å². The second-order valence-electron chi connectivity index (χ2n) is 10.3. The maximum absolute atomic E-state index is 14.4. The first-order valence-corrected chi connectivity index (χ1v) is 12.9. The van der Waals surface area contributed by atoms with E-state index in [-0.39, 0.29) is 41.2 Å². The zero-order valence-electron chi connectivity index (χ0n) is 21.4. The number of carbonyl (C=O) groups excluding carboxylic acids is 2. The summed E-state index contributed by atoms with van der Waals surface area (Å²) in [5.74, 6) is -1.90. The Hall–Kier alpha value is -3.52. The lowest BCUT2D eigenvalue weighted by Crippen LogP contribution is -2.48. The normalized spacial score (nSPS) is 28.1. The van der Waals surface area contributed by atoms with E-state index in [1.165, 1.54) is 0 Å². The third-order valence-electron chi connectivity index (χ3n) is 7.36. The summed E-state index contributed by atoms with van der Waals surface area (Å²) in [6.07, 6.45) is 2.57. The molecular weight excluding hydrogens is 472 g/mol. The fraction of sp³-hybridized carbons (Fsp3) is 0.448. The van der Waals surface area contributed by atoms with Crippen LogP contribution in [0.2, 0.25) is 0 Å². The molecule has 5 rings (SSSR count). The van der Waals surface area contributed by atoms with Crippen molar-refractivity contribution in [3.8, 4) is 0 Å². The molecule has 1 saturated carbocycles. The highest BCUT2D eigenvalue weighted by Crippen LogP contribution is 2.51. The number of anilines is 2. The Morgan fingerprint density at radius 1 is 1.05 bits per heavy atom. The lowest BCUT2D eigenvalue weighted by Gasteiger charge is -2.43. The second kappa shape index (κ2) is 11.3. The average molecular weight is 507 g/mol. The van der Waals surface area contributed by atoms with Gasteiger partial charge in [-0.05, 0) is 57.4 Å². The summed E-state index contributed by atoms with van der Waals surface area (Å²) in [7, 11) is 0. The number of cyclic esters (lactones) is 1. The molecule has 0 spiro atoms. The third kappa shape index (κ3) is 5.59. The molecule has 1 aliphatic heterocycles. The first-order chi connectivity index (χ1) is 17.7. The fourth-order valence-electron chi connectivity index (χ4n) is 5.89. The van der Waals surface area contributed by atoms with E-state index < -0.39 is 24.0 Å². The van der Waals surface area contributed by atoms with Gasteiger partial charge in [0.05, 0.1) is 11.8 Å². The predicted octanol–water partition coefficient (Wildman–Crippen LogP) is 4.92. The first kappa shape index (κ1) is 26.5. The molecule has 0 aromatic heterocycles. The van der Waals surface area contributed by atoms with E-state index in [2.05, 4.69) is 0 Å². The Balaban J connectivity index is 0.000000747. The highest BCUT2D eigenvalue weighted by atomic mass is 16.6. The summed E-state index contributed by atoms with van der Waals surface area (Å²) < 4.78 is 5.57. The van der Waals surface area contributed by atoms with Crippen molar-refractivity contribution in [1.82, 2.24) is 0 Å². The zero-order valence-corrected chi connectivity index (χ0v) is 21.4. The highest BCUT2D eigenvalue weighted by Gasteiger charge is 2.56. The molecule has 2 fully saturated rings. The minimum Gasteiger partial charge on any atom is -0.462 e. The average Bonchev–Trinajstić information content (AvgIpc) is 3.16. The Bertz CT molecular complexity index is 1110. The van der Waals surface area contributed by atoms with Gasteiger partial charge in [-0.1, -0.05) is 48.0 Å². The van der Waals surface area contributed by atoms with Gasteiger partial charge in [-0.2, -0.15) is 0 Å². The van der Waals surface area contributed by atoms with E-state index in [9.17, 15) is 19.7 Å². The summed E-state index contributed by atoms with van der Waals surface area (Å²) in [5, 5.41) is 19.5. The number of fused-ring (bicyclic) bond motifs is 2. The van der Waals surface area contributed by atoms with Crippen LogP contribution in [0.4, 0.5) is 11.4 Å². The Labute approximate surface area is 217 Å². The molecule has 8 heteroatoms. The molecular formula is C29H34N2O6. The quantitative estimate of drug-likeness (QED) is 0.273. The maximum Gasteiger partial charge on any atom is 0.313 e. The molecule has 37 heavy (non-hydrogen) atoms. The topological polar surface area (TPSA) is 110 Å². The van der Waals surface area contributed by atoms with Gasteiger partial charge in [0.1, 0.15) is 6.10 Å². The largest absolute Gasteiger partial charge is 0.462 e. The minimum atomic E-state index is -0.672. The molecule has 196 valence electrons. The van der Waals surface area contributed by atoms with Crippen LogP contribution in [0.25, 0.3) is 0 Å². The number of nitro groups is 1. The number of rotatable bonds is 4. The van der Waals surface area contributed by atoms with E-state index >= 15 is 0 Å². The van der Waals surface area contributed by atoms with Crippen molar-refractivity contribution < 1.29 is 24.4 Å². The van der Waals surface area contributed by atoms with E-state index in [4.69, 9.17) is 9.84 Å². The summed E-state index contributed by atoms with van der Waals surface area (Å²) in [4.78, 5) is 40.0. The molecule has 1 saturated heterocycles. The molecule has 1 N–H and O–H groups in total. The number of hydrogen-bond donors (Lipinski definition) is 1. The standard InChI is InChI=1S/C26H26N2O5.C3H8O/c1-16-23-22(26(30)33-16)15-17-14-20(28(31)32)12-13-21(17)24(23)25(29)27(18-8-4-2-5-9-18)19-10-6-3-7-11-19;1-3(2)4/h2-11,15-16,20-24H,12-14H2,1H3;3-4H,1-2H3/t16-,20-,21-,22-,23-,24+;/m1./s1. The number of esters is 1. The first-order valence-electron chi connectivity index (χ1n) is 12.9. The van der Waals surface area contributed by atoms with Crippen molar-refractivity contribution in [2.45, 2.75) is 58.3 Å². The number of ether oxygens (including phenoxy) is 1. The van der Waals surface area contributed by atoms with E-state index in [0.717, 1.165) is 16.9 Å². The molecule has 8 nitrogen and oxygen atoms in total. The van der Waals surface area contributed by atoms with Crippen molar-refractivity contribution in [2.75, 3.05) is 4.90 Å². The van der Waals surface area contributed by atoms with Crippen LogP contribution in [0.3, 0.4) is 0 Å². The summed E-state index contributed by atoms with van der Waals surface area (Å²) >= 11 is 0. The molecule has 2 aliphatic carbocycles. The van der Waals surface area contributed by atoms with Gasteiger partial charge in [0.2, 0.25) is 11.9 Å². The van der Waals surface area contributed by atoms with Crippen molar-refractivity contribution in [2.24, 2.45) is 23.7 Å². The number of para-hydroxylation sites is 2. The van der Waals surface area contributed by atoms with Crippen LogP contribution in [0, 0.1) is 33.8 Å². The van der Waals surface area contributed by atoms with Crippen molar-refractivity contribution in [3.05, 3.63) is 82.4 Å². The number of carbonyl (C=O) groups is 2. The van der Waals surface area contributed by atoms with E-state index in [1.54, 1.807) is 18.7 Å². The van der Waals surface area contributed by atoms with Gasteiger partial charge in [-0.15, -0.1) is 0 Å². The number of nitrogens with zero attached hydrogens (tertiary/aromatic N) is 2. The molecule has 3 aliphatic rings. The minimum absolute atomic E-state index is 0.0947. The number of amides is 1.